The molecule has 0 unspecified atom stereocenters. The Morgan fingerprint density at radius 2 is 1.83 bits per heavy atom. The molecule has 0 aliphatic heterocycles. The summed E-state index contributed by atoms with van der Waals surface area (Å²) in [5.41, 5.74) is 2.02. The third-order valence-electron chi connectivity index (χ3n) is 3.94. The smallest absolute Gasteiger partial charge is 0.173 e. The lowest BCUT2D eigenvalue weighted by Crippen LogP contribution is -2.11. The van der Waals surface area contributed by atoms with Crippen molar-refractivity contribution in [3.63, 3.8) is 0 Å². The lowest BCUT2D eigenvalue weighted by atomic mass is 9.95. The fourth-order valence-electron chi connectivity index (χ4n) is 2.71. The molecule has 3 rings (SSSR count). The molecule has 0 N–H and O–H groups in total. The Bertz CT molecular complexity index is 732. The molecule has 1 aliphatic carbocycles. The van der Waals surface area contributed by atoms with Crippen molar-refractivity contribution >= 4 is 6.29 Å². The van der Waals surface area contributed by atoms with E-state index in [1.807, 2.05) is 0 Å². The normalized spacial score (nSPS) is 14.1. The van der Waals surface area contributed by atoms with Gasteiger partial charge < -0.3 is 4.74 Å². The summed E-state index contributed by atoms with van der Waals surface area (Å²) >= 11 is 0. The first-order valence-electron chi connectivity index (χ1n) is 7.75. The number of carbonyl (C=O) groups excluding carboxylic acids is 1. The van der Waals surface area contributed by atoms with Crippen LogP contribution < -0.4 is 4.74 Å². The average molecular weight is 316 g/mol. The molecule has 1 saturated carbocycles. The van der Waals surface area contributed by atoms with Gasteiger partial charge in [-0.15, -0.1) is 0 Å². The molecule has 0 atom stereocenters. The van der Waals surface area contributed by atoms with Gasteiger partial charge in [0.05, 0.1) is 11.7 Å². The van der Waals surface area contributed by atoms with E-state index in [1.54, 1.807) is 19.9 Å². The highest BCUT2D eigenvalue weighted by atomic mass is 19.1. The Morgan fingerprint density at radius 3 is 2.35 bits per heavy atom. The number of rotatable bonds is 5. The fourth-order valence-corrected chi connectivity index (χ4v) is 2.71. The second-order valence-electron chi connectivity index (χ2n) is 6.14. The van der Waals surface area contributed by atoms with Crippen LogP contribution in [0.1, 0.15) is 48.5 Å². The van der Waals surface area contributed by atoms with Gasteiger partial charge in [0, 0.05) is 5.56 Å². The molecule has 0 amide bonds. The van der Waals surface area contributed by atoms with Crippen molar-refractivity contribution in [3.8, 4) is 16.9 Å². The zero-order valence-corrected chi connectivity index (χ0v) is 13.1. The molecule has 0 spiro atoms. The lowest BCUT2D eigenvalue weighted by molar-refractivity contribution is 0.111. The summed E-state index contributed by atoms with van der Waals surface area (Å²) in [6.07, 6.45) is 2.38. The second kappa shape index (κ2) is 6.11. The van der Waals surface area contributed by atoms with Crippen LogP contribution in [0, 0.1) is 11.6 Å². The first kappa shape index (κ1) is 15.7. The predicted octanol–water partition coefficient (Wildman–Crippen LogP) is 5.11. The van der Waals surface area contributed by atoms with Gasteiger partial charge in [-0.25, -0.2) is 8.78 Å². The molecule has 1 aliphatic rings. The Morgan fingerprint density at radius 1 is 1.17 bits per heavy atom. The molecule has 2 aromatic carbocycles. The van der Waals surface area contributed by atoms with Gasteiger partial charge in [0.25, 0.3) is 0 Å². The van der Waals surface area contributed by atoms with Gasteiger partial charge in [0.2, 0.25) is 0 Å². The van der Waals surface area contributed by atoms with Gasteiger partial charge >= 0.3 is 0 Å². The van der Waals surface area contributed by atoms with Crippen molar-refractivity contribution in [3.05, 3.63) is 53.1 Å². The van der Waals surface area contributed by atoms with Crippen LogP contribution in [0.25, 0.3) is 11.1 Å². The summed E-state index contributed by atoms with van der Waals surface area (Å²) < 4.78 is 33.7. The molecule has 120 valence electrons. The van der Waals surface area contributed by atoms with Crippen molar-refractivity contribution in [1.82, 2.24) is 0 Å². The quantitative estimate of drug-likeness (QED) is 0.717. The summed E-state index contributed by atoms with van der Waals surface area (Å²) in [6.45, 7) is 3.57. The number of hydrogen-bond acceptors (Lipinski definition) is 2. The van der Waals surface area contributed by atoms with E-state index in [0.29, 0.717) is 23.0 Å². The molecule has 0 aromatic heterocycles. The maximum absolute atomic E-state index is 15.0. The molecule has 23 heavy (non-hydrogen) atoms. The molecule has 0 heterocycles. The molecule has 4 heteroatoms. The van der Waals surface area contributed by atoms with E-state index < -0.39 is 5.82 Å². The van der Waals surface area contributed by atoms with E-state index in [1.165, 1.54) is 24.3 Å². The van der Waals surface area contributed by atoms with Crippen LogP contribution in [0.5, 0.6) is 5.75 Å². The maximum atomic E-state index is 15.0. The highest BCUT2D eigenvalue weighted by Crippen LogP contribution is 2.46. The van der Waals surface area contributed by atoms with Crippen molar-refractivity contribution in [2.24, 2.45) is 0 Å². The Balaban J connectivity index is 2.21. The topological polar surface area (TPSA) is 26.3 Å². The van der Waals surface area contributed by atoms with E-state index in [9.17, 15) is 13.6 Å². The SMILES string of the molecule is CC(C)Oc1c(F)c(-c2ccc(F)cc2)cc(C2CC2)c1C=O. The lowest BCUT2D eigenvalue weighted by Gasteiger charge is -2.18. The first-order valence-corrected chi connectivity index (χ1v) is 7.75. The fraction of sp³-hybridized carbons (Fsp3) is 0.316. The number of carbonyl (C=O) groups is 1. The minimum absolute atomic E-state index is 0.00118. The highest BCUT2D eigenvalue weighted by Gasteiger charge is 2.31. The van der Waals surface area contributed by atoms with Crippen molar-refractivity contribution < 1.29 is 18.3 Å². The Hall–Kier alpha value is -2.23. The molecule has 0 bridgehead atoms. The zero-order chi connectivity index (χ0) is 16.6. The van der Waals surface area contributed by atoms with Gasteiger partial charge in [-0.05, 0) is 61.9 Å². The average Bonchev–Trinajstić information content (AvgIpc) is 3.34. The van der Waals surface area contributed by atoms with E-state index in [0.717, 1.165) is 18.4 Å². The predicted molar refractivity (Wildman–Crippen MR) is 84.9 cm³/mol. The number of halogens is 2. The largest absolute Gasteiger partial charge is 0.487 e. The van der Waals surface area contributed by atoms with Gasteiger partial charge in [0.15, 0.2) is 17.9 Å². The summed E-state index contributed by atoms with van der Waals surface area (Å²) in [4.78, 5) is 11.5. The Kier molecular flexibility index (Phi) is 4.16. The van der Waals surface area contributed by atoms with Crippen LogP contribution >= 0.6 is 0 Å². The molecular formula is C19H18F2O2. The zero-order valence-electron chi connectivity index (χ0n) is 13.1. The van der Waals surface area contributed by atoms with Crippen LogP contribution in [-0.2, 0) is 0 Å². The molecule has 0 radical (unpaired) electrons. The standard InChI is InChI=1S/C19H18F2O2/c1-11(2)23-19-17(10-22)15(12-3-4-12)9-16(18(19)21)13-5-7-14(20)8-6-13/h5-12H,3-4H2,1-2H3. The number of aldehydes is 1. The molecule has 2 nitrogen and oxygen atoms in total. The third-order valence-corrected chi connectivity index (χ3v) is 3.94. The maximum Gasteiger partial charge on any atom is 0.173 e. The molecule has 2 aromatic rings. The van der Waals surface area contributed by atoms with E-state index in [4.69, 9.17) is 4.74 Å². The minimum atomic E-state index is -0.572. The summed E-state index contributed by atoms with van der Waals surface area (Å²) in [5, 5.41) is 0. The van der Waals surface area contributed by atoms with E-state index >= 15 is 0 Å². The minimum Gasteiger partial charge on any atom is -0.487 e. The summed E-state index contributed by atoms with van der Waals surface area (Å²) in [5.74, 6) is -0.681. The van der Waals surface area contributed by atoms with Gasteiger partial charge in [-0.3, -0.25) is 4.79 Å². The summed E-state index contributed by atoms with van der Waals surface area (Å²) in [6, 6.07) is 7.36. The third kappa shape index (κ3) is 3.11. The van der Waals surface area contributed by atoms with Crippen molar-refractivity contribution in [2.75, 3.05) is 0 Å². The summed E-state index contributed by atoms with van der Waals surface area (Å²) in [7, 11) is 0. The van der Waals surface area contributed by atoms with Gasteiger partial charge in [-0.1, -0.05) is 12.1 Å². The number of ether oxygens (including phenoxy) is 1. The first-order chi connectivity index (χ1) is 11.0. The monoisotopic (exact) mass is 316 g/mol. The molecule has 0 saturated heterocycles. The highest BCUT2D eigenvalue weighted by molar-refractivity contribution is 5.85. The van der Waals surface area contributed by atoms with E-state index in [2.05, 4.69) is 0 Å². The number of benzene rings is 2. The van der Waals surface area contributed by atoms with E-state index in [-0.39, 0.29) is 23.6 Å². The van der Waals surface area contributed by atoms with Crippen molar-refractivity contribution in [2.45, 2.75) is 38.7 Å². The van der Waals surface area contributed by atoms with Crippen LogP contribution in [-0.4, -0.2) is 12.4 Å². The van der Waals surface area contributed by atoms with Crippen LogP contribution in [0.15, 0.2) is 30.3 Å². The van der Waals surface area contributed by atoms with Crippen LogP contribution in [0.3, 0.4) is 0 Å². The molecular weight excluding hydrogens is 298 g/mol. The van der Waals surface area contributed by atoms with Gasteiger partial charge in [-0.2, -0.15) is 0 Å². The Labute approximate surface area is 134 Å². The number of hydrogen-bond donors (Lipinski definition) is 0. The van der Waals surface area contributed by atoms with Crippen LogP contribution in [0.4, 0.5) is 8.78 Å². The molecule has 1 fully saturated rings. The van der Waals surface area contributed by atoms with Crippen LogP contribution in [0.2, 0.25) is 0 Å². The van der Waals surface area contributed by atoms with Gasteiger partial charge in [0.1, 0.15) is 5.82 Å². The second-order valence-corrected chi connectivity index (χ2v) is 6.14. The van der Waals surface area contributed by atoms with Crippen molar-refractivity contribution in [1.29, 1.82) is 0 Å².